The topological polar surface area (TPSA) is 32.3 Å². The Hall–Kier alpha value is -0.450. The lowest BCUT2D eigenvalue weighted by Gasteiger charge is -2.09. The Morgan fingerprint density at radius 2 is 2.46 bits per heavy atom. The summed E-state index contributed by atoms with van der Waals surface area (Å²) in [7, 11) is 0. The average molecular weight is 203 g/mol. The van der Waals surface area contributed by atoms with E-state index in [2.05, 4.69) is 5.32 Å². The van der Waals surface area contributed by atoms with Crippen LogP contribution in [0.25, 0.3) is 0 Å². The van der Waals surface area contributed by atoms with Crippen LogP contribution in [0.3, 0.4) is 0 Å². The SMILES string of the molecule is OC(CNCCCF)c1ccsc1. The van der Waals surface area contributed by atoms with E-state index in [9.17, 15) is 9.50 Å². The van der Waals surface area contributed by atoms with E-state index in [0.717, 1.165) is 5.56 Å². The van der Waals surface area contributed by atoms with Crippen molar-refractivity contribution < 1.29 is 9.50 Å². The van der Waals surface area contributed by atoms with Gasteiger partial charge in [-0.1, -0.05) is 0 Å². The largest absolute Gasteiger partial charge is 0.387 e. The van der Waals surface area contributed by atoms with Gasteiger partial charge >= 0.3 is 0 Å². The molecule has 0 bridgehead atoms. The fourth-order valence-electron chi connectivity index (χ4n) is 1.01. The van der Waals surface area contributed by atoms with Gasteiger partial charge in [0.2, 0.25) is 0 Å². The van der Waals surface area contributed by atoms with Crippen LogP contribution in [0.5, 0.6) is 0 Å². The van der Waals surface area contributed by atoms with E-state index in [-0.39, 0.29) is 6.67 Å². The summed E-state index contributed by atoms with van der Waals surface area (Å²) in [6.45, 7) is 0.815. The lowest BCUT2D eigenvalue weighted by Crippen LogP contribution is -2.22. The second kappa shape index (κ2) is 6.07. The summed E-state index contributed by atoms with van der Waals surface area (Å²) in [6, 6.07) is 1.90. The Labute approximate surface area is 81.4 Å². The molecule has 0 aliphatic carbocycles. The molecule has 0 saturated heterocycles. The smallest absolute Gasteiger partial charge is 0.0922 e. The predicted octanol–water partition coefficient (Wildman–Crippen LogP) is 1.73. The Bertz CT molecular complexity index is 215. The first-order chi connectivity index (χ1) is 6.34. The molecule has 2 nitrogen and oxygen atoms in total. The Morgan fingerprint density at radius 1 is 1.62 bits per heavy atom. The first kappa shape index (κ1) is 10.6. The minimum atomic E-state index is -0.467. The zero-order chi connectivity index (χ0) is 9.52. The summed E-state index contributed by atoms with van der Waals surface area (Å²) >= 11 is 1.56. The fraction of sp³-hybridized carbons (Fsp3) is 0.556. The van der Waals surface area contributed by atoms with Gasteiger partial charge in [-0.05, 0) is 35.4 Å². The van der Waals surface area contributed by atoms with Crippen molar-refractivity contribution in [2.75, 3.05) is 19.8 Å². The van der Waals surface area contributed by atoms with Crippen molar-refractivity contribution in [2.45, 2.75) is 12.5 Å². The predicted molar refractivity (Wildman–Crippen MR) is 52.7 cm³/mol. The van der Waals surface area contributed by atoms with Gasteiger partial charge in [-0.15, -0.1) is 0 Å². The van der Waals surface area contributed by atoms with E-state index in [0.29, 0.717) is 19.5 Å². The van der Waals surface area contributed by atoms with Gasteiger partial charge in [0, 0.05) is 6.54 Å². The van der Waals surface area contributed by atoms with Gasteiger partial charge in [-0.2, -0.15) is 11.3 Å². The molecule has 1 unspecified atom stereocenters. The molecular formula is C9H14FNOS. The maximum absolute atomic E-state index is 11.7. The molecule has 0 amide bonds. The quantitative estimate of drug-likeness (QED) is 0.690. The molecule has 1 aromatic rings. The van der Waals surface area contributed by atoms with E-state index >= 15 is 0 Å². The van der Waals surface area contributed by atoms with Gasteiger partial charge in [0.15, 0.2) is 0 Å². The van der Waals surface area contributed by atoms with Crippen LogP contribution < -0.4 is 5.32 Å². The molecule has 0 fully saturated rings. The van der Waals surface area contributed by atoms with Gasteiger partial charge in [0.1, 0.15) is 0 Å². The summed E-state index contributed by atoms with van der Waals surface area (Å²) in [6.07, 6.45) is 0.0435. The van der Waals surface area contributed by atoms with E-state index in [1.54, 1.807) is 11.3 Å². The third-order valence-electron chi connectivity index (χ3n) is 1.75. The molecular weight excluding hydrogens is 189 g/mol. The highest BCUT2D eigenvalue weighted by Crippen LogP contribution is 2.14. The number of alkyl halides is 1. The standard InChI is InChI=1S/C9H14FNOS/c10-3-1-4-11-6-9(12)8-2-5-13-7-8/h2,5,7,9,11-12H,1,3-4,6H2. The fourth-order valence-corrected chi connectivity index (χ4v) is 1.72. The molecule has 0 saturated carbocycles. The van der Waals surface area contributed by atoms with Crippen LogP contribution in [0.4, 0.5) is 4.39 Å². The number of thiophene rings is 1. The Kier molecular flexibility index (Phi) is 4.97. The number of aliphatic hydroxyl groups excluding tert-OH is 1. The first-order valence-corrected chi connectivity index (χ1v) is 5.25. The number of halogens is 1. The number of aliphatic hydroxyl groups is 1. The van der Waals surface area contributed by atoms with Crippen LogP contribution in [0.2, 0.25) is 0 Å². The van der Waals surface area contributed by atoms with Crippen molar-refractivity contribution >= 4 is 11.3 Å². The van der Waals surface area contributed by atoms with Gasteiger partial charge in [0.25, 0.3) is 0 Å². The molecule has 1 rings (SSSR count). The van der Waals surface area contributed by atoms with Crippen LogP contribution in [0.1, 0.15) is 18.1 Å². The lowest BCUT2D eigenvalue weighted by molar-refractivity contribution is 0.175. The second-order valence-electron chi connectivity index (χ2n) is 2.82. The molecule has 1 heterocycles. The third-order valence-corrected chi connectivity index (χ3v) is 2.45. The van der Waals surface area contributed by atoms with E-state index in [1.165, 1.54) is 0 Å². The first-order valence-electron chi connectivity index (χ1n) is 4.31. The molecule has 13 heavy (non-hydrogen) atoms. The molecule has 0 radical (unpaired) electrons. The van der Waals surface area contributed by atoms with Gasteiger partial charge in [-0.3, -0.25) is 4.39 Å². The van der Waals surface area contributed by atoms with Crippen molar-refractivity contribution in [3.05, 3.63) is 22.4 Å². The van der Waals surface area contributed by atoms with Gasteiger partial charge < -0.3 is 10.4 Å². The summed E-state index contributed by atoms with van der Waals surface area (Å²) < 4.78 is 11.7. The normalized spacial score (nSPS) is 13.1. The minimum absolute atomic E-state index is 0.304. The third kappa shape index (κ3) is 3.85. The van der Waals surface area contributed by atoms with Crippen LogP contribution in [-0.2, 0) is 0 Å². The van der Waals surface area contributed by atoms with Crippen molar-refractivity contribution in [1.82, 2.24) is 5.32 Å². The van der Waals surface area contributed by atoms with Crippen molar-refractivity contribution in [2.24, 2.45) is 0 Å². The summed E-state index contributed by atoms with van der Waals surface area (Å²) in [5.41, 5.74) is 0.928. The molecule has 74 valence electrons. The summed E-state index contributed by atoms with van der Waals surface area (Å²) in [5, 5.41) is 16.4. The van der Waals surface area contributed by atoms with Crippen LogP contribution >= 0.6 is 11.3 Å². The van der Waals surface area contributed by atoms with Gasteiger partial charge in [0.05, 0.1) is 12.8 Å². The molecule has 4 heteroatoms. The Morgan fingerprint density at radius 3 is 3.08 bits per heavy atom. The minimum Gasteiger partial charge on any atom is -0.387 e. The van der Waals surface area contributed by atoms with Crippen LogP contribution in [0, 0.1) is 0 Å². The second-order valence-corrected chi connectivity index (χ2v) is 3.60. The molecule has 0 spiro atoms. The molecule has 0 aliphatic rings. The Balaban J connectivity index is 2.15. The van der Waals surface area contributed by atoms with E-state index < -0.39 is 6.10 Å². The number of hydrogen-bond acceptors (Lipinski definition) is 3. The molecule has 0 aromatic carbocycles. The number of nitrogens with one attached hydrogen (secondary N) is 1. The highest BCUT2D eigenvalue weighted by atomic mass is 32.1. The van der Waals surface area contributed by atoms with Crippen molar-refractivity contribution in [3.8, 4) is 0 Å². The monoisotopic (exact) mass is 203 g/mol. The van der Waals surface area contributed by atoms with Crippen LogP contribution in [0.15, 0.2) is 16.8 Å². The maximum Gasteiger partial charge on any atom is 0.0922 e. The van der Waals surface area contributed by atoms with Gasteiger partial charge in [-0.25, -0.2) is 0 Å². The molecule has 2 N–H and O–H groups in total. The van der Waals surface area contributed by atoms with Crippen molar-refractivity contribution in [1.29, 1.82) is 0 Å². The molecule has 1 atom stereocenters. The van der Waals surface area contributed by atoms with E-state index in [4.69, 9.17) is 0 Å². The molecule has 1 aromatic heterocycles. The highest BCUT2D eigenvalue weighted by molar-refractivity contribution is 7.07. The summed E-state index contributed by atoms with van der Waals surface area (Å²) in [5.74, 6) is 0. The van der Waals surface area contributed by atoms with Crippen molar-refractivity contribution in [3.63, 3.8) is 0 Å². The zero-order valence-corrected chi connectivity index (χ0v) is 8.19. The molecule has 0 aliphatic heterocycles. The highest BCUT2D eigenvalue weighted by Gasteiger charge is 2.05. The average Bonchev–Trinajstić information content (AvgIpc) is 2.65. The number of rotatable bonds is 6. The number of hydrogen-bond donors (Lipinski definition) is 2. The zero-order valence-electron chi connectivity index (χ0n) is 7.37. The van der Waals surface area contributed by atoms with Crippen LogP contribution in [-0.4, -0.2) is 24.9 Å². The summed E-state index contributed by atoms with van der Waals surface area (Å²) in [4.78, 5) is 0. The lowest BCUT2D eigenvalue weighted by atomic mass is 10.2. The maximum atomic E-state index is 11.7. The van der Waals surface area contributed by atoms with E-state index in [1.807, 2.05) is 16.8 Å².